The van der Waals surface area contributed by atoms with Crippen molar-refractivity contribution in [3.8, 4) is 0 Å². The molecular formula is C26H23N7O7. The standard InChI is InChI=1S/C26H23N7O7/c1-2-29-15-22(33(39)40)24(27-29)26(34)30-25(18-8-4-10-20(14-18)32(37)38)21-11-5-7-17(23(21)28-30)12-16-6-3-9-19(13-16)31(35)36/h3-4,6,8-10,12-15,21,25H,2,5,7,11H2,1H3/b17-12+/t21-,25-/m0/s1. The number of carbonyl (C=O) groups excluding carboxylic acids is 1. The van der Waals surface area contributed by atoms with Crippen molar-refractivity contribution in [1.29, 1.82) is 0 Å². The molecule has 0 N–H and O–H groups in total. The van der Waals surface area contributed by atoms with E-state index in [1.807, 2.05) is 0 Å². The lowest BCUT2D eigenvalue weighted by molar-refractivity contribution is -0.385. The van der Waals surface area contributed by atoms with Gasteiger partial charge in [0, 0.05) is 36.7 Å². The van der Waals surface area contributed by atoms with Crippen molar-refractivity contribution in [2.75, 3.05) is 0 Å². The predicted molar refractivity (Wildman–Crippen MR) is 142 cm³/mol. The Morgan fingerprint density at radius 1 is 1.02 bits per heavy atom. The molecule has 0 spiro atoms. The molecule has 0 saturated heterocycles. The van der Waals surface area contributed by atoms with Crippen LogP contribution >= 0.6 is 0 Å². The highest BCUT2D eigenvalue weighted by Crippen LogP contribution is 2.45. The molecule has 1 aromatic heterocycles. The molecule has 1 amide bonds. The maximum Gasteiger partial charge on any atom is 0.320 e. The second-order valence-electron chi connectivity index (χ2n) is 9.43. The predicted octanol–water partition coefficient (Wildman–Crippen LogP) is 5.06. The third-order valence-corrected chi connectivity index (χ3v) is 7.02. The molecule has 0 radical (unpaired) electrons. The van der Waals surface area contributed by atoms with Crippen molar-refractivity contribution < 1.29 is 19.6 Å². The summed E-state index contributed by atoms with van der Waals surface area (Å²) in [6.45, 7) is 2.03. The summed E-state index contributed by atoms with van der Waals surface area (Å²) in [5.41, 5.74) is 1.28. The summed E-state index contributed by atoms with van der Waals surface area (Å²) in [6, 6.07) is 11.2. The SMILES string of the molecule is CCn1cc([N+](=O)[O-])c(C(=O)N2N=C3/C(=C/c4cccc([N+](=O)[O-])c4)CCC[C@@H]3[C@@H]2c2cccc([N+](=O)[O-])c2)n1. The van der Waals surface area contributed by atoms with Gasteiger partial charge in [0.1, 0.15) is 6.20 Å². The zero-order chi connectivity index (χ0) is 28.6. The molecule has 1 aliphatic carbocycles. The average Bonchev–Trinajstić information content (AvgIpc) is 3.56. The number of carbonyl (C=O) groups is 1. The summed E-state index contributed by atoms with van der Waals surface area (Å²) in [5, 5.41) is 44.4. The van der Waals surface area contributed by atoms with Crippen molar-refractivity contribution in [3.05, 3.63) is 107 Å². The summed E-state index contributed by atoms with van der Waals surface area (Å²) in [7, 11) is 0. The average molecular weight is 546 g/mol. The first-order valence-corrected chi connectivity index (χ1v) is 12.5. The van der Waals surface area contributed by atoms with Gasteiger partial charge in [0.25, 0.3) is 11.4 Å². The van der Waals surface area contributed by atoms with E-state index >= 15 is 0 Å². The monoisotopic (exact) mass is 545 g/mol. The number of hydrogen-bond donors (Lipinski definition) is 0. The molecule has 3 aromatic rings. The maximum absolute atomic E-state index is 13.8. The van der Waals surface area contributed by atoms with E-state index in [0.717, 1.165) is 10.6 Å². The van der Waals surface area contributed by atoms with E-state index in [1.165, 1.54) is 41.2 Å². The van der Waals surface area contributed by atoms with Gasteiger partial charge in [-0.05, 0) is 49.0 Å². The molecule has 2 aliphatic rings. The van der Waals surface area contributed by atoms with Crippen LogP contribution in [0.5, 0.6) is 0 Å². The van der Waals surface area contributed by atoms with E-state index in [2.05, 4.69) is 10.2 Å². The van der Waals surface area contributed by atoms with Crippen LogP contribution < -0.4 is 0 Å². The van der Waals surface area contributed by atoms with Crippen LogP contribution in [0.4, 0.5) is 17.1 Å². The van der Waals surface area contributed by atoms with Gasteiger partial charge >= 0.3 is 11.6 Å². The third-order valence-electron chi connectivity index (χ3n) is 7.02. The molecule has 1 saturated carbocycles. The van der Waals surface area contributed by atoms with Crippen LogP contribution in [0, 0.1) is 36.3 Å². The zero-order valence-electron chi connectivity index (χ0n) is 21.2. The molecule has 5 rings (SSSR count). The number of nitrogens with zero attached hydrogens (tertiary/aromatic N) is 7. The Balaban J connectivity index is 1.63. The van der Waals surface area contributed by atoms with Crippen molar-refractivity contribution in [2.24, 2.45) is 11.0 Å². The normalized spacial score (nSPS) is 19.3. The highest BCUT2D eigenvalue weighted by atomic mass is 16.6. The Bertz CT molecular complexity index is 1610. The second-order valence-corrected chi connectivity index (χ2v) is 9.43. The Kier molecular flexibility index (Phi) is 6.90. The highest BCUT2D eigenvalue weighted by molar-refractivity contribution is 6.09. The molecule has 204 valence electrons. The van der Waals surface area contributed by atoms with Crippen molar-refractivity contribution in [3.63, 3.8) is 0 Å². The number of hydrazone groups is 1. The lowest BCUT2D eigenvalue weighted by atomic mass is 9.77. The number of aryl methyl sites for hydroxylation is 1. The summed E-state index contributed by atoms with van der Waals surface area (Å²) < 4.78 is 1.29. The molecule has 2 aromatic carbocycles. The molecule has 2 atom stereocenters. The molecule has 0 bridgehead atoms. The van der Waals surface area contributed by atoms with Crippen LogP contribution in [-0.2, 0) is 6.54 Å². The van der Waals surface area contributed by atoms with Crippen LogP contribution in [0.15, 0.2) is 65.4 Å². The number of non-ortho nitro benzene ring substituents is 2. The molecule has 0 unspecified atom stereocenters. The number of hydrogen-bond acceptors (Lipinski definition) is 9. The van der Waals surface area contributed by atoms with Gasteiger partial charge in [-0.1, -0.05) is 24.3 Å². The lowest BCUT2D eigenvalue weighted by Gasteiger charge is -2.29. The quantitative estimate of drug-likeness (QED) is 0.291. The van der Waals surface area contributed by atoms with E-state index < -0.39 is 32.4 Å². The van der Waals surface area contributed by atoms with Crippen LogP contribution in [0.3, 0.4) is 0 Å². The number of nitro benzene ring substituents is 2. The molecule has 1 aliphatic heterocycles. The smallest absolute Gasteiger partial charge is 0.265 e. The lowest BCUT2D eigenvalue weighted by Crippen LogP contribution is -2.32. The van der Waals surface area contributed by atoms with Gasteiger partial charge in [-0.2, -0.15) is 10.2 Å². The molecule has 2 heterocycles. The van der Waals surface area contributed by atoms with E-state index in [-0.39, 0.29) is 23.0 Å². The molecular weight excluding hydrogens is 522 g/mol. The number of rotatable bonds is 7. The Labute approximate surface area is 226 Å². The van der Waals surface area contributed by atoms with Gasteiger partial charge in [-0.15, -0.1) is 0 Å². The van der Waals surface area contributed by atoms with Gasteiger partial charge in [0.15, 0.2) is 0 Å². The minimum Gasteiger partial charge on any atom is -0.265 e. The first kappa shape index (κ1) is 26.3. The maximum atomic E-state index is 13.8. The van der Waals surface area contributed by atoms with Crippen molar-refractivity contribution >= 4 is 34.8 Å². The Morgan fingerprint density at radius 3 is 2.40 bits per heavy atom. The van der Waals surface area contributed by atoms with E-state index in [1.54, 1.807) is 31.2 Å². The van der Waals surface area contributed by atoms with Gasteiger partial charge in [-0.25, -0.2) is 5.01 Å². The molecule has 14 nitrogen and oxygen atoms in total. The Hall–Kier alpha value is -5.27. The summed E-state index contributed by atoms with van der Waals surface area (Å²) in [4.78, 5) is 46.7. The number of nitro groups is 3. The fourth-order valence-corrected chi connectivity index (χ4v) is 5.22. The van der Waals surface area contributed by atoms with Crippen molar-refractivity contribution in [1.82, 2.24) is 14.8 Å². The van der Waals surface area contributed by atoms with Gasteiger partial charge in [-0.3, -0.25) is 39.8 Å². The van der Waals surface area contributed by atoms with Crippen molar-refractivity contribution in [2.45, 2.75) is 38.8 Å². The topological polar surface area (TPSA) is 180 Å². The van der Waals surface area contributed by atoms with E-state index in [9.17, 15) is 35.1 Å². The number of amides is 1. The first-order chi connectivity index (χ1) is 19.2. The highest BCUT2D eigenvalue weighted by Gasteiger charge is 2.46. The van der Waals surface area contributed by atoms with Gasteiger partial charge < -0.3 is 0 Å². The summed E-state index contributed by atoms with van der Waals surface area (Å²) >= 11 is 0. The second kappa shape index (κ2) is 10.5. The van der Waals surface area contributed by atoms with Crippen LogP contribution in [0.25, 0.3) is 6.08 Å². The number of aromatic nitrogens is 2. The fourth-order valence-electron chi connectivity index (χ4n) is 5.22. The minimum absolute atomic E-state index is 0.0693. The van der Waals surface area contributed by atoms with Crippen LogP contribution in [0.1, 0.15) is 53.8 Å². The van der Waals surface area contributed by atoms with Gasteiger partial charge in [0.05, 0.1) is 26.5 Å². The molecule has 1 fully saturated rings. The largest absolute Gasteiger partial charge is 0.320 e. The molecule has 40 heavy (non-hydrogen) atoms. The van der Waals surface area contributed by atoms with E-state index in [0.29, 0.717) is 42.6 Å². The van der Waals surface area contributed by atoms with Crippen LogP contribution in [0.2, 0.25) is 0 Å². The summed E-state index contributed by atoms with van der Waals surface area (Å²) in [6.07, 6.45) is 4.87. The number of fused-ring (bicyclic) bond motifs is 1. The van der Waals surface area contributed by atoms with Gasteiger partial charge in [0.2, 0.25) is 5.69 Å². The third kappa shape index (κ3) is 4.81. The number of allylic oxidation sites excluding steroid dienone is 1. The first-order valence-electron chi connectivity index (χ1n) is 12.5. The number of benzene rings is 2. The van der Waals surface area contributed by atoms with Crippen LogP contribution in [-0.4, -0.2) is 41.2 Å². The fraction of sp³-hybridized carbons (Fsp3) is 0.269. The summed E-state index contributed by atoms with van der Waals surface area (Å²) in [5.74, 6) is -1.16. The minimum atomic E-state index is -0.799. The Morgan fingerprint density at radius 2 is 1.73 bits per heavy atom. The molecule has 14 heteroatoms. The zero-order valence-corrected chi connectivity index (χ0v) is 21.2. The van der Waals surface area contributed by atoms with E-state index in [4.69, 9.17) is 0 Å².